The fourth-order valence-electron chi connectivity index (χ4n) is 0.769. The monoisotopic (exact) mass is 186 g/mol. The van der Waals surface area contributed by atoms with Crippen molar-refractivity contribution in [2.24, 2.45) is 0 Å². The summed E-state index contributed by atoms with van der Waals surface area (Å²) in [5.41, 5.74) is 1.12. The Kier molecular flexibility index (Phi) is 7.30. The first-order valence-electron chi connectivity index (χ1n) is 4.45. The van der Waals surface area contributed by atoms with Gasteiger partial charge in [0, 0.05) is 13.0 Å². The number of hydrogen-bond acceptors (Lipinski definition) is 3. The molecule has 0 heterocycles. The second kappa shape index (κ2) is 7.80. The van der Waals surface area contributed by atoms with Gasteiger partial charge in [-0.1, -0.05) is 5.57 Å². The Balaban J connectivity index is 3.08. The van der Waals surface area contributed by atoms with E-state index in [-0.39, 0.29) is 5.97 Å². The standard InChI is InChI=1S/C10H18O3/c1-9(2)6-8-13-7-4-5-10(11)12-3/h1,4-8H2,2-3H3. The molecule has 0 aliphatic heterocycles. The molecule has 0 aromatic carbocycles. The van der Waals surface area contributed by atoms with Crippen molar-refractivity contribution in [1.29, 1.82) is 0 Å². The second-order valence-electron chi connectivity index (χ2n) is 3.00. The van der Waals surface area contributed by atoms with Gasteiger partial charge in [0.25, 0.3) is 0 Å². The van der Waals surface area contributed by atoms with Crippen LogP contribution >= 0.6 is 0 Å². The van der Waals surface area contributed by atoms with Crippen LogP contribution in [0.3, 0.4) is 0 Å². The zero-order valence-corrected chi connectivity index (χ0v) is 8.47. The lowest BCUT2D eigenvalue weighted by molar-refractivity contribution is -0.141. The lowest BCUT2D eigenvalue weighted by Crippen LogP contribution is -2.03. The third-order valence-corrected chi connectivity index (χ3v) is 1.57. The van der Waals surface area contributed by atoms with Gasteiger partial charge in [0.2, 0.25) is 0 Å². The van der Waals surface area contributed by atoms with Crippen molar-refractivity contribution in [3.8, 4) is 0 Å². The first kappa shape index (κ1) is 12.2. The Morgan fingerprint density at radius 1 is 1.31 bits per heavy atom. The molecule has 0 fully saturated rings. The minimum absolute atomic E-state index is 0.177. The zero-order chi connectivity index (χ0) is 10.1. The molecule has 0 aromatic rings. The third kappa shape index (κ3) is 9.08. The van der Waals surface area contributed by atoms with Crippen molar-refractivity contribution in [2.75, 3.05) is 20.3 Å². The summed E-state index contributed by atoms with van der Waals surface area (Å²) < 4.78 is 9.76. The van der Waals surface area contributed by atoms with Crippen LogP contribution in [0.5, 0.6) is 0 Å². The number of esters is 1. The molecule has 0 aromatic heterocycles. The number of methoxy groups -OCH3 is 1. The van der Waals surface area contributed by atoms with Crippen LogP contribution < -0.4 is 0 Å². The van der Waals surface area contributed by atoms with Gasteiger partial charge >= 0.3 is 5.97 Å². The van der Waals surface area contributed by atoms with Crippen LogP contribution in [0.25, 0.3) is 0 Å². The van der Waals surface area contributed by atoms with Gasteiger partial charge in [-0.05, 0) is 19.8 Å². The maximum Gasteiger partial charge on any atom is 0.305 e. The maximum atomic E-state index is 10.7. The fraction of sp³-hybridized carbons (Fsp3) is 0.700. The highest BCUT2D eigenvalue weighted by Gasteiger charge is 1.98. The van der Waals surface area contributed by atoms with E-state index in [0.717, 1.165) is 18.4 Å². The molecule has 0 spiro atoms. The predicted molar refractivity (Wildman–Crippen MR) is 51.5 cm³/mol. The molecular weight excluding hydrogens is 168 g/mol. The first-order valence-corrected chi connectivity index (χ1v) is 4.45. The molecule has 0 saturated heterocycles. The summed E-state index contributed by atoms with van der Waals surface area (Å²) in [5.74, 6) is -0.177. The van der Waals surface area contributed by atoms with Gasteiger partial charge in [0.15, 0.2) is 0 Å². The molecule has 3 heteroatoms. The van der Waals surface area contributed by atoms with Crippen LogP contribution in [0, 0.1) is 0 Å². The van der Waals surface area contributed by atoms with E-state index in [9.17, 15) is 4.79 Å². The van der Waals surface area contributed by atoms with Gasteiger partial charge in [0.05, 0.1) is 13.7 Å². The Labute approximate surface area is 79.7 Å². The van der Waals surface area contributed by atoms with Crippen LogP contribution in [0.4, 0.5) is 0 Å². The lowest BCUT2D eigenvalue weighted by atomic mass is 10.3. The van der Waals surface area contributed by atoms with E-state index in [4.69, 9.17) is 4.74 Å². The van der Waals surface area contributed by atoms with E-state index in [1.807, 2.05) is 6.92 Å². The average molecular weight is 186 g/mol. The third-order valence-electron chi connectivity index (χ3n) is 1.57. The van der Waals surface area contributed by atoms with Gasteiger partial charge in [-0.25, -0.2) is 0 Å². The molecule has 0 radical (unpaired) electrons. The molecule has 0 atom stereocenters. The number of hydrogen-bond donors (Lipinski definition) is 0. The molecule has 0 unspecified atom stereocenters. The summed E-state index contributed by atoms with van der Waals surface area (Å²) in [6.07, 6.45) is 2.05. The van der Waals surface area contributed by atoms with E-state index in [1.54, 1.807) is 0 Å². The van der Waals surface area contributed by atoms with Gasteiger partial charge in [-0.15, -0.1) is 6.58 Å². The van der Waals surface area contributed by atoms with E-state index in [1.165, 1.54) is 7.11 Å². The van der Waals surface area contributed by atoms with Gasteiger partial charge in [-0.2, -0.15) is 0 Å². The fourth-order valence-corrected chi connectivity index (χ4v) is 0.769. The van der Waals surface area contributed by atoms with E-state index < -0.39 is 0 Å². The molecule has 3 nitrogen and oxygen atoms in total. The molecule has 0 aliphatic rings. The normalized spacial score (nSPS) is 9.69. The van der Waals surface area contributed by atoms with Gasteiger partial charge in [-0.3, -0.25) is 4.79 Å². The van der Waals surface area contributed by atoms with Crippen molar-refractivity contribution in [3.05, 3.63) is 12.2 Å². The van der Waals surface area contributed by atoms with Crippen LogP contribution in [0.1, 0.15) is 26.2 Å². The molecule has 0 N–H and O–H groups in total. The van der Waals surface area contributed by atoms with Crippen molar-refractivity contribution in [1.82, 2.24) is 0 Å². The predicted octanol–water partition coefficient (Wildman–Crippen LogP) is 1.92. The SMILES string of the molecule is C=C(C)CCOCCCC(=O)OC. The van der Waals surface area contributed by atoms with Crippen molar-refractivity contribution < 1.29 is 14.3 Å². The number of rotatable bonds is 7. The summed E-state index contributed by atoms with van der Waals surface area (Å²) in [4.78, 5) is 10.7. The number of carbonyl (C=O) groups is 1. The molecular formula is C10H18O3. The number of ether oxygens (including phenoxy) is 2. The largest absolute Gasteiger partial charge is 0.469 e. The van der Waals surface area contributed by atoms with Crippen molar-refractivity contribution in [3.63, 3.8) is 0 Å². The summed E-state index contributed by atoms with van der Waals surface area (Å²) in [6, 6.07) is 0. The van der Waals surface area contributed by atoms with Crippen molar-refractivity contribution >= 4 is 5.97 Å². The van der Waals surface area contributed by atoms with Crippen LogP contribution in [0.2, 0.25) is 0 Å². The smallest absolute Gasteiger partial charge is 0.305 e. The molecule has 0 amide bonds. The highest BCUT2D eigenvalue weighted by molar-refractivity contribution is 5.68. The van der Waals surface area contributed by atoms with Crippen LogP contribution in [0.15, 0.2) is 12.2 Å². The highest BCUT2D eigenvalue weighted by atomic mass is 16.5. The Bertz CT molecular complexity index is 164. The maximum absolute atomic E-state index is 10.7. The second-order valence-corrected chi connectivity index (χ2v) is 3.00. The minimum Gasteiger partial charge on any atom is -0.469 e. The first-order chi connectivity index (χ1) is 6.16. The summed E-state index contributed by atoms with van der Waals surface area (Å²) in [5, 5.41) is 0. The van der Waals surface area contributed by atoms with E-state index in [2.05, 4.69) is 11.3 Å². The molecule has 0 aliphatic carbocycles. The molecule has 13 heavy (non-hydrogen) atoms. The van der Waals surface area contributed by atoms with Crippen LogP contribution in [-0.4, -0.2) is 26.3 Å². The Hall–Kier alpha value is -0.830. The Morgan fingerprint density at radius 3 is 2.54 bits per heavy atom. The summed E-state index contributed by atoms with van der Waals surface area (Å²) in [6.45, 7) is 7.03. The molecule has 76 valence electrons. The minimum atomic E-state index is -0.177. The van der Waals surface area contributed by atoms with Crippen LogP contribution in [-0.2, 0) is 14.3 Å². The molecule has 0 bridgehead atoms. The highest BCUT2D eigenvalue weighted by Crippen LogP contribution is 1.97. The van der Waals surface area contributed by atoms with Crippen molar-refractivity contribution in [2.45, 2.75) is 26.2 Å². The Morgan fingerprint density at radius 2 is 2.00 bits per heavy atom. The van der Waals surface area contributed by atoms with E-state index >= 15 is 0 Å². The van der Waals surface area contributed by atoms with E-state index in [0.29, 0.717) is 19.6 Å². The summed E-state index contributed by atoms with van der Waals surface area (Å²) >= 11 is 0. The molecule has 0 saturated carbocycles. The quantitative estimate of drug-likeness (QED) is 0.346. The van der Waals surface area contributed by atoms with Gasteiger partial charge in [0.1, 0.15) is 0 Å². The topological polar surface area (TPSA) is 35.5 Å². The molecule has 0 rings (SSSR count). The number of carbonyl (C=O) groups excluding carboxylic acids is 1. The average Bonchev–Trinajstić information content (AvgIpc) is 2.10. The zero-order valence-electron chi connectivity index (χ0n) is 8.47. The van der Waals surface area contributed by atoms with Gasteiger partial charge < -0.3 is 9.47 Å². The lowest BCUT2D eigenvalue weighted by Gasteiger charge is -2.02. The summed E-state index contributed by atoms with van der Waals surface area (Å²) in [7, 11) is 1.39.